The first kappa shape index (κ1) is 19.0. The third-order valence-corrected chi connectivity index (χ3v) is 5.11. The molecule has 1 aliphatic rings. The summed E-state index contributed by atoms with van der Waals surface area (Å²) in [7, 11) is 0. The average Bonchev–Trinajstić information content (AvgIpc) is 3.08. The van der Waals surface area contributed by atoms with E-state index in [9.17, 15) is 9.18 Å². The topological polar surface area (TPSA) is 75.9 Å². The molecule has 0 spiro atoms. The number of nitrogens with one attached hydrogen (secondary N) is 1. The molecule has 1 aliphatic heterocycles. The Morgan fingerprint density at radius 2 is 1.97 bits per heavy atom. The first-order valence-electron chi connectivity index (χ1n) is 9.67. The molecular weight excluding hydrogens is 371 g/mol. The minimum absolute atomic E-state index is 0.173. The molecule has 29 heavy (non-hydrogen) atoms. The van der Waals surface area contributed by atoms with Crippen LogP contribution in [0.2, 0.25) is 0 Å². The van der Waals surface area contributed by atoms with Crippen molar-refractivity contribution in [1.29, 1.82) is 0 Å². The number of benzene rings is 1. The van der Waals surface area contributed by atoms with Crippen molar-refractivity contribution in [3.63, 3.8) is 0 Å². The molecule has 1 aromatic carbocycles. The number of hydrogen-bond donors (Lipinski definition) is 1. The number of halogens is 1. The van der Waals surface area contributed by atoms with Gasteiger partial charge < -0.3 is 10.2 Å². The van der Waals surface area contributed by atoms with Gasteiger partial charge in [-0.15, -0.1) is 0 Å². The molecule has 1 fully saturated rings. The smallest absolute Gasteiger partial charge is 0.229 e. The summed E-state index contributed by atoms with van der Waals surface area (Å²) in [6, 6.07) is 10.1. The normalized spacial score (nSPS) is 16.7. The maximum absolute atomic E-state index is 13.8. The average molecular weight is 394 g/mol. The SMILES string of the molecule is Cc1cc(C)n(-c2cc(N3CCCC(C(=O)Nc4ccccc4F)C3)ncn2)n1. The highest BCUT2D eigenvalue weighted by molar-refractivity contribution is 5.93. The van der Waals surface area contributed by atoms with Crippen LogP contribution in [0, 0.1) is 25.6 Å². The van der Waals surface area contributed by atoms with Gasteiger partial charge in [0.15, 0.2) is 5.82 Å². The molecule has 1 atom stereocenters. The van der Waals surface area contributed by atoms with Crippen LogP contribution in [0.1, 0.15) is 24.2 Å². The fraction of sp³-hybridized carbons (Fsp3) is 0.333. The van der Waals surface area contributed by atoms with E-state index >= 15 is 0 Å². The third kappa shape index (κ3) is 4.11. The quantitative estimate of drug-likeness (QED) is 0.735. The Morgan fingerprint density at radius 1 is 1.17 bits per heavy atom. The molecule has 0 radical (unpaired) electrons. The van der Waals surface area contributed by atoms with Crippen LogP contribution in [0.15, 0.2) is 42.7 Å². The van der Waals surface area contributed by atoms with Gasteiger partial charge in [0.25, 0.3) is 0 Å². The lowest BCUT2D eigenvalue weighted by Gasteiger charge is -2.33. The van der Waals surface area contributed by atoms with Crippen molar-refractivity contribution in [2.75, 3.05) is 23.3 Å². The standard InChI is InChI=1S/C21H23FN6O/c1-14-10-15(2)28(26-14)20-11-19(23-13-24-20)27-9-5-6-16(12-27)21(29)25-18-8-4-3-7-17(18)22/h3-4,7-8,10-11,13,16H,5-6,9,12H2,1-2H3,(H,25,29). The second-order valence-electron chi connectivity index (χ2n) is 7.33. The molecule has 150 valence electrons. The summed E-state index contributed by atoms with van der Waals surface area (Å²) in [5.41, 5.74) is 2.13. The summed E-state index contributed by atoms with van der Waals surface area (Å²) in [6.07, 6.45) is 3.13. The van der Waals surface area contributed by atoms with E-state index in [-0.39, 0.29) is 17.5 Å². The molecule has 1 N–H and O–H groups in total. The Kier molecular flexibility index (Phi) is 5.24. The lowest BCUT2D eigenvalue weighted by atomic mass is 9.97. The van der Waals surface area contributed by atoms with E-state index in [1.54, 1.807) is 22.9 Å². The summed E-state index contributed by atoms with van der Waals surface area (Å²) in [4.78, 5) is 23.5. The fourth-order valence-corrected chi connectivity index (χ4v) is 3.68. The number of anilines is 2. The van der Waals surface area contributed by atoms with Gasteiger partial charge in [-0.05, 0) is 44.9 Å². The molecule has 1 saturated heterocycles. The maximum atomic E-state index is 13.8. The van der Waals surface area contributed by atoms with Crippen LogP contribution < -0.4 is 10.2 Å². The first-order valence-corrected chi connectivity index (χ1v) is 9.67. The molecule has 1 unspecified atom stereocenters. The summed E-state index contributed by atoms with van der Waals surface area (Å²) in [5, 5.41) is 7.19. The number of carbonyl (C=O) groups is 1. The Morgan fingerprint density at radius 3 is 2.72 bits per heavy atom. The van der Waals surface area contributed by atoms with E-state index in [0.717, 1.165) is 36.6 Å². The Bertz CT molecular complexity index is 1030. The molecule has 4 rings (SSSR count). The van der Waals surface area contributed by atoms with Gasteiger partial charge in [0.2, 0.25) is 5.91 Å². The summed E-state index contributed by atoms with van der Waals surface area (Å²) in [6.45, 7) is 5.24. The monoisotopic (exact) mass is 394 g/mol. The van der Waals surface area contributed by atoms with Crippen molar-refractivity contribution >= 4 is 17.4 Å². The van der Waals surface area contributed by atoms with Gasteiger partial charge in [-0.2, -0.15) is 5.10 Å². The number of piperidine rings is 1. The molecule has 1 amide bonds. The highest BCUT2D eigenvalue weighted by Crippen LogP contribution is 2.24. The van der Waals surface area contributed by atoms with Crippen LogP contribution in [-0.4, -0.2) is 38.7 Å². The number of nitrogens with zero attached hydrogens (tertiary/aromatic N) is 5. The van der Waals surface area contributed by atoms with Gasteiger partial charge in [-0.3, -0.25) is 4.79 Å². The van der Waals surface area contributed by atoms with Gasteiger partial charge in [0.05, 0.1) is 17.3 Å². The largest absolute Gasteiger partial charge is 0.356 e. The second kappa shape index (κ2) is 7.98. The summed E-state index contributed by atoms with van der Waals surface area (Å²) in [5.74, 6) is 0.603. The number of rotatable bonds is 4. The van der Waals surface area contributed by atoms with Crippen LogP contribution in [-0.2, 0) is 4.79 Å². The lowest BCUT2D eigenvalue weighted by Crippen LogP contribution is -2.41. The van der Waals surface area contributed by atoms with Crippen LogP contribution in [0.4, 0.5) is 15.9 Å². The Hall–Kier alpha value is -3.29. The lowest BCUT2D eigenvalue weighted by molar-refractivity contribution is -0.120. The zero-order valence-corrected chi connectivity index (χ0v) is 16.5. The Balaban J connectivity index is 1.50. The van der Waals surface area contributed by atoms with Crippen molar-refractivity contribution < 1.29 is 9.18 Å². The minimum atomic E-state index is -0.432. The second-order valence-corrected chi connectivity index (χ2v) is 7.33. The van der Waals surface area contributed by atoms with Crippen LogP contribution >= 0.6 is 0 Å². The van der Waals surface area contributed by atoms with Crippen molar-refractivity contribution in [3.8, 4) is 5.82 Å². The summed E-state index contributed by atoms with van der Waals surface area (Å²) >= 11 is 0. The van der Waals surface area contributed by atoms with Gasteiger partial charge in [-0.25, -0.2) is 19.0 Å². The van der Waals surface area contributed by atoms with Gasteiger partial charge in [-0.1, -0.05) is 12.1 Å². The summed E-state index contributed by atoms with van der Waals surface area (Å²) < 4.78 is 15.6. The van der Waals surface area contributed by atoms with Gasteiger partial charge >= 0.3 is 0 Å². The highest BCUT2D eigenvalue weighted by atomic mass is 19.1. The molecule has 8 heteroatoms. The molecule has 0 saturated carbocycles. The van der Waals surface area contributed by atoms with Crippen molar-refractivity contribution in [2.45, 2.75) is 26.7 Å². The zero-order chi connectivity index (χ0) is 20.4. The number of aryl methyl sites for hydroxylation is 2. The van der Waals surface area contributed by atoms with E-state index in [4.69, 9.17) is 0 Å². The molecule has 0 aliphatic carbocycles. The van der Waals surface area contributed by atoms with Crippen molar-refractivity contribution in [3.05, 3.63) is 59.9 Å². The minimum Gasteiger partial charge on any atom is -0.356 e. The van der Waals surface area contributed by atoms with Crippen LogP contribution in [0.25, 0.3) is 5.82 Å². The van der Waals surface area contributed by atoms with Gasteiger partial charge in [0.1, 0.15) is 18.0 Å². The maximum Gasteiger partial charge on any atom is 0.229 e. The van der Waals surface area contributed by atoms with Crippen LogP contribution in [0.5, 0.6) is 0 Å². The molecule has 2 aromatic heterocycles. The number of amides is 1. The van der Waals surface area contributed by atoms with Crippen molar-refractivity contribution in [1.82, 2.24) is 19.7 Å². The zero-order valence-electron chi connectivity index (χ0n) is 16.5. The fourth-order valence-electron chi connectivity index (χ4n) is 3.68. The molecule has 3 aromatic rings. The van der Waals surface area contributed by atoms with E-state index < -0.39 is 5.82 Å². The number of carbonyl (C=O) groups excluding carboxylic acids is 1. The van der Waals surface area contributed by atoms with E-state index in [1.807, 2.05) is 26.0 Å². The molecule has 3 heterocycles. The van der Waals surface area contributed by atoms with E-state index in [2.05, 4.69) is 25.3 Å². The molecular formula is C21H23FN6O. The van der Waals surface area contributed by atoms with Crippen molar-refractivity contribution in [2.24, 2.45) is 5.92 Å². The molecule has 7 nitrogen and oxygen atoms in total. The Labute approximate surface area is 168 Å². The number of hydrogen-bond acceptors (Lipinski definition) is 5. The third-order valence-electron chi connectivity index (χ3n) is 5.11. The van der Waals surface area contributed by atoms with E-state index in [1.165, 1.54) is 12.4 Å². The molecule has 0 bridgehead atoms. The highest BCUT2D eigenvalue weighted by Gasteiger charge is 2.27. The number of para-hydroxylation sites is 1. The van der Waals surface area contributed by atoms with Gasteiger partial charge in [0, 0.05) is 24.8 Å². The number of aromatic nitrogens is 4. The first-order chi connectivity index (χ1) is 14.0. The predicted molar refractivity (Wildman–Crippen MR) is 109 cm³/mol. The van der Waals surface area contributed by atoms with E-state index in [0.29, 0.717) is 12.4 Å². The predicted octanol–water partition coefficient (Wildman–Crippen LogP) is 3.27. The van der Waals surface area contributed by atoms with Crippen LogP contribution in [0.3, 0.4) is 0 Å².